The highest BCUT2D eigenvalue weighted by atomic mass is 16.5. The van der Waals surface area contributed by atoms with Crippen LogP contribution >= 0.6 is 0 Å². The van der Waals surface area contributed by atoms with Crippen LogP contribution in [0.15, 0.2) is 28.8 Å². The molecule has 146 valence electrons. The van der Waals surface area contributed by atoms with Crippen LogP contribution in [0.5, 0.6) is 0 Å². The first-order valence-electron chi connectivity index (χ1n) is 9.20. The SMILES string of the molecule is COCCN1CCC(CN(C(=O)O)c2ccccc2-c2nc(C)no2)CC1. The Morgan fingerprint density at radius 2 is 2.11 bits per heavy atom. The van der Waals surface area contributed by atoms with E-state index in [1.165, 1.54) is 4.90 Å². The maximum absolute atomic E-state index is 12.0. The van der Waals surface area contributed by atoms with E-state index < -0.39 is 6.09 Å². The Balaban J connectivity index is 1.73. The number of rotatable bonds is 7. The molecule has 0 unspecified atom stereocenters. The van der Waals surface area contributed by atoms with Crippen LogP contribution < -0.4 is 4.90 Å². The number of hydrogen-bond donors (Lipinski definition) is 1. The van der Waals surface area contributed by atoms with Crippen molar-refractivity contribution in [3.63, 3.8) is 0 Å². The summed E-state index contributed by atoms with van der Waals surface area (Å²) in [5.41, 5.74) is 1.22. The lowest BCUT2D eigenvalue weighted by Crippen LogP contribution is -2.41. The second-order valence-electron chi connectivity index (χ2n) is 6.83. The third-order valence-electron chi connectivity index (χ3n) is 4.94. The quantitative estimate of drug-likeness (QED) is 0.796. The topological polar surface area (TPSA) is 91.9 Å². The van der Waals surface area contributed by atoms with E-state index in [9.17, 15) is 9.90 Å². The number of piperidine rings is 1. The van der Waals surface area contributed by atoms with Gasteiger partial charge >= 0.3 is 6.09 Å². The normalized spacial score (nSPS) is 15.8. The molecule has 8 nitrogen and oxygen atoms in total. The Bertz CT molecular complexity index is 756. The summed E-state index contributed by atoms with van der Waals surface area (Å²) in [4.78, 5) is 20.0. The number of anilines is 1. The predicted octanol–water partition coefficient (Wildman–Crippen LogP) is 2.89. The zero-order valence-electron chi connectivity index (χ0n) is 15.8. The van der Waals surface area contributed by atoms with Gasteiger partial charge in [0.25, 0.3) is 5.89 Å². The smallest absolute Gasteiger partial charge is 0.411 e. The molecule has 1 aliphatic heterocycles. The lowest BCUT2D eigenvalue weighted by molar-refractivity contribution is 0.121. The maximum Gasteiger partial charge on any atom is 0.411 e. The molecule has 2 aromatic rings. The number of aryl methyl sites for hydroxylation is 1. The molecular formula is C19H26N4O4. The van der Waals surface area contributed by atoms with Crippen LogP contribution in [0.3, 0.4) is 0 Å². The van der Waals surface area contributed by atoms with Crippen molar-refractivity contribution in [2.45, 2.75) is 19.8 Å². The molecule has 27 heavy (non-hydrogen) atoms. The van der Waals surface area contributed by atoms with Gasteiger partial charge in [0.1, 0.15) is 0 Å². The molecule has 8 heteroatoms. The van der Waals surface area contributed by atoms with Crippen molar-refractivity contribution in [1.82, 2.24) is 15.0 Å². The molecule has 1 aromatic carbocycles. The van der Waals surface area contributed by atoms with E-state index in [1.54, 1.807) is 20.1 Å². The molecule has 0 saturated carbocycles. The van der Waals surface area contributed by atoms with Crippen LogP contribution in [0.25, 0.3) is 11.5 Å². The molecule has 1 saturated heterocycles. The molecule has 3 rings (SSSR count). The van der Waals surface area contributed by atoms with Gasteiger partial charge in [-0.05, 0) is 50.9 Å². The summed E-state index contributed by atoms with van der Waals surface area (Å²) in [6.07, 6.45) is 0.963. The third-order valence-corrected chi connectivity index (χ3v) is 4.94. The van der Waals surface area contributed by atoms with Gasteiger partial charge in [0.15, 0.2) is 5.82 Å². The van der Waals surface area contributed by atoms with Crippen molar-refractivity contribution in [2.24, 2.45) is 5.92 Å². The summed E-state index contributed by atoms with van der Waals surface area (Å²) in [5.74, 6) is 1.17. The summed E-state index contributed by atoms with van der Waals surface area (Å²) in [7, 11) is 1.71. The van der Waals surface area contributed by atoms with Crippen molar-refractivity contribution in [2.75, 3.05) is 44.8 Å². The second kappa shape index (κ2) is 8.96. The summed E-state index contributed by atoms with van der Waals surface area (Å²) in [5, 5.41) is 13.7. The Labute approximate surface area is 158 Å². The van der Waals surface area contributed by atoms with Crippen molar-refractivity contribution < 1.29 is 19.2 Å². The average molecular weight is 374 g/mol. The van der Waals surface area contributed by atoms with Crippen LogP contribution in [-0.2, 0) is 4.74 Å². The first kappa shape index (κ1) is 19.3. The van der Waals surface area contributed by atoms with E-state index in [0.717, 1.165) is 39.1 Å². The van der Waals surface area contributed by atoms with Gasteiger partial charge in [-0.3, -0.25) is 4.90 Å². The Kier molecular flexibility index (Phi) is 6.41. The number of amides is 1. The molecule has 1 N–H and O–H groups in total. The van der Waals surface area contributed by atoms with E-state index in [2.05, 4.69) is 15.0 Å². The number of para-hydroxylation sites is 1. The molecule has 0 spiro atoms. The number of aromatic nitrogens is 2. The highest BCUT2D eigenvalue weighted by molar-refractivity contribution is 5.91. The summed E-state index contributed by atoms with van der Waals surface area (Å²) in [6, 6.07) is 7.26. The van der Waals surface area contributed by atoms with E-state index in [4.69, 9.17) is 9.26 Å². The molecule has 0 aliphatic carbocycles. The summed E-state index contributed by atoms with van der Waals surface area (Å²) < 4.78 is 10.4. The maximum atomic E-state index is 12.0. The number of ether oxygens (including phenoxy) is 1. The number of methoxy groups -OCH3 is 1. The number of benzene rings is 1. The Hall–Kier alpha value is -2.45. The van der Waals surface area contributed by atoms with E-state index in [0.29, 0.717) is 35.4 Å². The lowest BCUT2D eigenvalue weighted by atomic mass is 9.95. The fraction of sp³-hybridized carbons (Fsp3) is 0.526. The van der Waals surface area contributed by atoms with Crippen molar-refractivity contribution in [3.05, 3.63) is 30.1 Å². The van der Waals surface area contributed by atoms with Gasteiger partial charge < -0.3 is 19.3 Å². The van der Waals surface area contributed by atoms with Gasteiger partial charge in [-0.1, -0.05) is 17.3 Å². The van der Waals surface area contributed by atoms with Crippen LogP contribution in [0.2, 0.25) is 0 Å². The number of hydrogen-bond acceptors (Lipinski definition) is 6. The fourth-order valence-corrected chi connectivity index (χ4v) is 3.45. The zero-order valence-corrected chi connectivity index (χ0v) is 15.8. The number of likely N-dealkylation sites (tertiary alicyclic amines) is 1. The van der Waals surface area contributed by atoms with Crippen molar-refractivity contribution in [3.8, 4) is 11.5 Å². The van der Waals surface area contributed by atoms with Crippen LogP contribution in [0, 0.1) is 12.8 Å². The molecular weight excluding hydrogens is 348 g/mol. The van der Waals surface area contributed by atoms with E-state index >= 15 is 0 Å². The predicted molar refractivity (Wildman–Crippen MR) is 101 cm³/mol. The highest BCUT2D eigenvalue weighted by Gasteiger charge is 2.26. The van der Waals surface area contributed by atoms with Gasteiger partial charge in [0, 0.05) is 20.2 Å². The minimum absolute atomic E-state index is 0.317. The summed E-state index contributed by atoms with van der Waals surface area (Å²) >= 11 is 0. The van der Waals surface area contributed by atoms with Gasteiger partial charge in [-0.15, -0.1) is 0 Å². The average Bonchev–Trinajstić information content (AvgIpc) is 3.11. The molecule has 1 fully saturated rings. The van der Waals surface area contributed by atoms with Crippen molar-refractivity contribution >= 4 is 11.8 Å². The largest absolute Gasteiger partial charge is 0.465 e. The highest BCUT2D eigenvalue weighted by Crippen LogP contribution is 2.31. The zero-order chi connectivity index (χ0) is 19.2. The van der Waals surface area contributed by atoms with Crippen LogP contribution in [-0.4, -0.2) is 66.1 Å². The van der Waals surface area contributed by atoms with Gasteiger partial charge in [0.05, 0.1) is 17.9 Å². The second-order valence-corrected chi connectivity index (χ2v) is 6.83. The lowest BCUT2D eigenvalue weighted by Gasteiger charge is -2.34. The Morgan fingerprint density at radius 1 is 1.37 bits per heavy atom. The van der Waals surface area contributed by atoms with E-state index in [-0.39, 0.29) is 0 Å². The van der Waals surface area contributed by atoms with Gasteiger partial charge in [-0.25, -0.2) is 4.79 Å². The summed E-state index contributed by atoms with van der Waals surface area (Å²) in [6.45, 7) is 5.77. The molecule has 1 aromatic heterocycles. The van der Waals surface area contributed by atoms with Crippen molar-refractivity contribution in [1.29, 1.82) is 0 Å². The monoisotopic (exact) mass is 374 g/mol. The molecule has 1 amide bonds. The van der Waals surface area contributed by atoms with Crippen LogP contribution in [0.4, 0.5) is 10.5 Å². The number of nitrogens with zero attached hydrogens (tertiary/aromatic N) is 4. The standard InChI is InChI=1S/C19H26N4O4/c1-14-20-18(27-21-14)16-5-3-4-6-17(16)23(19(24)25)13-15-7-9-22(10-8-15)11-12-26-2/h3-6,15H,7-13H2,1-2H3,(H,24,25). The molecule has 0 bridgehead atoms. The number of carboxylic acid groups (broad SMARTS) is 1. The molecule has 0 atom stereocenters. The minimum Gasteiger partial charge on any atom is -0.465 e. The third kappa shape index (κ3) is 4.84. The first-order chi connectivity index (χ1) is 13.1. The first-order valence-corrected chi connectivity index (χ1v) is 9.20. The van der Waals surface area contributed by atoms with Crippen LogP contribution in [0.1, 0.15) is 18.7 Å². The molecule has 2 heterocycles. The fourth-order valence-electron chi connectivity index (χ4n) is 3.45. The molecule has 1 aliphatic rings. The number of carbonyl (C=O) groups is 1. The van der Waals surface area contributed by atoms with Gasteiger partial charge in [-0.2, -0.15) is 4.98 Å². The van der Waals surface area contributed by atoms with E-state index in [1.807, 2.05) is 18.2 Å². The minimum atomic E-state index is -0.972. The molecule has 0 radical (unpaired) electrons. The Morgan fingerprint density at radius 3 is 2.74 bits per heavy atom. The van der Waals surface area contributed by atoms with Gasteiger partial charge in [0.2, 0.25) is 0 Å².